The number of rotatable bonds is 11. The Morgan fingerprint density at radius 1 is 0.585 bits per heavy atom. The van der Waals surface area contributed by atoms with Gasteiger partial charge in [0.25, 0.3) is 34.1 Å². The SMILES string of the molecule is CCCCCCCCn1c(=O)c2cc3c(=O)n(N4C(=O)c5cccc6c(N7CCN(c8ccc(OC)cc8)CC7)ccc(c56)C4=O)c(=O)c3cc2c1=O. The second-order valence-electron chi connectivity index (χ2n) is 13.8. The first-order valence-electron chi connectivity index (χ1n) is 18.2. The zero-order valence-corrected chi connectivity index (χ0v) is 29.7. The standard InChI is InChI=1S/C41H39N5O7/c1-3-4-5-6-7-8-18-44-36(47)30-23-32-33(24-31(30)37(44)48)41(52)46(40(32)51)45-38(49)28-11-9-10-27-34(17-16-29(35(27)28)39(45)50)43-21-19-42(20-22-43)25-12-14-26(53-2)15-13-25/h9-17,23-24H,3-8,18-22H2,1-2H3. The molecule has 2 amide bonds. The van der Waals surface area contributed by atoms with Crippen molar-refractivity contribution in [3.63, 3.8) is 0 Å². The number of hydrogen-bond donors (Lipinski definition) is 0. The van der Waals surface area contributed by atoms with Crippen LogP contribution in [0.4, 0.5) is 11.4 Å². The molecule has 2 aliphatic heterocycles. The van der Waals surface area contributed by atoms with Crippen LogP contribution in [0.5, 0.6) is 5.75 Å². The number of hydrogen-bond acceptors (Lipinski definition) is 9. The predicted octanol–water partition coefficient (Wildman–Crippen LogP) is 4.69. The fourth-order valence-electron chi connectivity index (χ4n) is 7.97. The minimum atomic E-state index is -0.911. The van der Waals surface area contributed by atoms with Crippen LogP contribution in [-0.4, -0.2) is 54.3 Å². The lowest BCUT2D eigenvalue weighted by molar-refractivity contribution is 0.0849. The van der Waals surface area contributed by atoms with Crippen molar-refractivity contribution < 1.29 is 14.3 Å². The van der Waals surface area contributed by atoms with Crippen LogP contribution in [0.1, 0.15) is 66.2 Å². The number of unbranched alkanes of at least 4 members (excludes halogenated alkanes) is 5. The Balaban J connectivity index is 1.10. The highest BCUT2D eigenvalue weighted by molar-refractivity contribution is 6.33. The van der Waals surface area contributed by atoms with Crippen molar-refractivity contribution >= 4 is 55.5 Å². The zero-order chi connectivity index (χ0) is 37.0. The van der Waals surface area contributed by atoms with Crippen molar-refractivity contribution in [2.45, 2.75) is 52.0 Å². The number of benzene rings is 4. The van der Waals surface area contributed by atoms with E-state index in [-0.39, 0.29) is 39.2 Å². The van der Waals surface area contributed by atoms with Crippen LogP contribution < -0.4 is 41.8 Å². The third kappa shape index (κ3) is 5.51. The van der Waals surface area contributed by atoms with Gasteiger partial charge >= 0.3 is 0 Å². The summed E-state index contributed by atoms with van der Waals surface area (Å²) < 4.78 is 7.00. The van der Waals surface area contributed by atoms with Gasteiger partial charge in [0.15, 0.2) is 0 Å². The molecule has 0 unspecified atom stereocenters. The Morgan fingerprint density at radius 3 is 1.77 bits per heavy atom. The fraction of sp³-hybridized carbons (Fsp3) is 0.317. The van der Waals surface area contributed by atoms with Gasteiger partial charge in [-0.2, -0.15) is 9.69 Å². The molecular weight excluding hydrogens is 674 g/mol. The molecule has 1 saturated heterocycles. The molecule has 12 heteroatoms. The van der Waals surface area contributed by atoms with Gasteiger partial charge in [-0.15, -0.1) is 0 Å². The van der Waals surface area contributed by atoms with E-state index in [4.69, 9.17) is 4.74 Å². The van der Waals surface area contributed by atoms with Crippen LogP contribution >= 0.6 is 0 Å². The van der Waals surface area contributed by atoms with Crippen molar-refractivity contribution in [2.24, 2.45) is 0 Å². The minimum Gasteiger partial charge on any atom is -0.497 e. The lowest BCUT2D eigenvalue weighted by Crippen LogP contribution is -2.55. The minimum absolute atomic E-state index is 0.0338. The predicted molar refractivity (Wildman–Crippen MR) is 207 cm³/mol. The Labute approximate surface area is 303 Å². The molecule has 2 aromatic heterocycles. The summed E-state index contributed by atoms with van der Waals surface area (Å²) in [5.41, 5.74) is -0.523. The maximum Gasteiger partial charge on any atom is 0.281 e. The molecule has 0 N–H and O–H groups in total. The largest absolute Gasteiger partial charge is 0.497 e. The number of anilines is 2. The number of carbonyl (C=O) groups is 2. The number of ether oxygens (including phenoxy) is 1. The molecule has 6 aromatic rings. The van der Waals surface area contributed by atoms with Gasteiger partial charge in [0.1, 0.15) is 5.75 Å². The summed E-state index contributed by atoms with van der Waals surface area (Å²) in [4.78, 5) is 87.1. The molecule has 0 saturated carbocycles. The highest BCUT2D eigenvalue weighted by atomic mass is 16.5. The maximum atomic E-state index is 14.1. The van der Waals surface area contributed by atoms with Gasteiger partial charge in [-0.25, -0.2) is 0 Å². The summed E-state index contributed by atoms with van der Waals surface area (Å²) in [6.07, 6.45) is 5.92. The van der Waals surface area contributed by atoms with Crippen molar-refractivity contribution in [3.8, 4) is 5.75 Å². The van der Waals surface area contributed by atoms with E-state index in [0.29, 0.717) is 34.6 Å². The first-order valence-corrected chi connectivity index (χ1v) is 18.2. The molecule has 1 fully saturated rings. The van der Waals surface area contributed by atoms with E-state index in [1.54, 1.807) is 25.3 Å². The molecule has 0 atom stereocenters. The fourth-order valence-corrected chi connectivity index (χ4v) is 7.97. The van der Waals surface area contributed by atoms with Crippen molar-refractivity contribution in [2.75, 3.05) is 48.1 Å². The third-order valence-corrected chi connectivity index (χ3v) is 10.8. The monoisotopic (exact) mass is 713 g/mol. The van der Waals surface area contributed by atoms with Gasteiger partial charge < -0.3 is 14.5 Å². The highest BCUT2D eigenvalue weighted by Crippen LogP contribution is 2.36. The number of piperazine rings is 1. The lowest BCUT2D eigenvalue weighted by Gasteiger charge is -2.38. The van der Waals surface area contributed by atoms with E-state index >= 15 is 0 Å². The normalized spacial score (nSPS) is 14.7. The van der Waals surface area contributed by atoms with E-state index in [0.717, 1.165) is 72.3 Å². The van der Waals surface area contributed by atoms with Crippen molar-refractivity contribution in [3.05, 3.63) is 119 Å². The average Bonchev–Trinajstić information content (AvgIpc) is 3.57. The molecule has 12 nitrogen and oxygen atoms in total. The van der Waals surface area contributed by atoms with E-state index in [9.17, 15) is 28.8 Å². The van der Waals surface area contributed by atoms with Gasteiger partial charge in [0, 0.05) is 54.9 Å². The second-order valence-corrected chi connectivity index (χ2v) is 13.8. The summed E-state index contributed by atoms with van der Waals surface area (Å²) in [5.74, 6) is -0.827. The Morgan fingerprint density at radius 2 is 1.15 bits per heavy atom. The van der Waals surface area contributed by atoms with Crippen LogP contribution in [-0.2, 0) is 6.54 Å². The second kappa shape index (κ2) is 13.5. The summed E-state index contributed by atoms with van der Waals surface area (Å²) in [6, 6.07) is 19.1. The van der Waals surface area contributed by atoms with Crippen molar-refractivity contribution in [1.29, 1.82) is 0 Å². The highest BCUT2D eigenvalue weighted by Gasteiger charge is 2.38. The van der Waals surface area contributed by atoms with Crippen LogP contribution in [0, 0.1) is 0 Å². The number of methoxy groups -OCH3 is 1. The summed E-state index contributed by atoms with van der Waals surface area (Å²) in [6.45, 7) is 5.33. The number of imide groups is 1. The smallest absolute Gasteiger partial charge is 0.281 e. The molecule has 2 aliphatic rings. The number of nitrogens with zero attached hydrogens (tertiary/aromatic N) is 5. The van der Waals surface area contributed by atoms with Gasteiger partial charge in [0.05, 0.1) is 39.8 Å². The number of fused-ring (bicyclic) bond motifs is 2. The van der Waals surface area contributed by atoms with Gasteiger partial charge in [0.2, 0.25) is 0 Å². The third-order valence-electron chi connectivity index (χ3n) is 10.8. The number of amides is 2. The number of carbonyl (C=O) groups excluding carboxylic acids is 2. The summed E-state index contributed by atoms with van der Waals surface area (Å²) in [5, 5.41) is 1.58. The molecule has 0 radical (unpaired) electrons. The van der Waals surface area contributed by atoms with E-state index in [2.05, 4.69) is 16.7 Å². The molecule has 4 aromatic carbocycles. The molecule has 0 bridgehead atoms. The molecule has 8 rings (SSSR count). The molecule has 53 heavy (non-hydrogen) atoms. The molecular formula is C41H39N5O7. The van der Waals surface area contributed by atoms with Gasteiger partial charge in [-0.1, -0.05) is 51.2 Å². The van der Waals surface area contributed by atoms with Crippen LogP contribution in [0.2, 0.25) is 0 Å². The summed E-state index contributed by atoms with van der Waals surface area (Å²) >= 11 is 0. The molecule has 4 heterocycles. The van der Waals surface area contributed by atoms with E-state index < -0.39 is 34.1 Å². The lowest BCUT2D eigenvalue weighted by atomic mass is 9.93. The maximum absolute atomic E-state index is 14.1. The molecule has 0 spiro atoms. The first-order chi connectivity index (χ1) is 25.7. The number of aromatic nitrogens is 2. The molecule has 270 valence electrons. The van der Waals surface area contributed by atoms with Crippen LogP contribution in [0.15, 0.2) is 85.9 Å². The van der Waals surface area contributed by atoms with E-state index in [1.807, 2.05) is 36.4 Å². The first kappa shape index (κ1) is 34.1. The van der Waals surface area contributed by atoms with Crippen molar-refractivity contribution in [1.82, 2.24) is 9.24 Å². The zero-order valence-electron chi connectivity index (χ0n) is 29.7. The Hall–Kier alpha value is -6.04. The topological polar surface area (TPSA) is 131 Å². The molecule has 0 aliphatic carbocycles. The average molecular weight is 714 g/mol. The van der Waals surface area contributed by atoms with Crippen LogP contribution in [0.25, 0.3) is 32.3 Å². The Bertz CT molecular complexity index is 2540. The van der Waals surface area contributed by atoms with Gasteiger partial charge in [-0.05, 0) is 61.0 Å². The van der Waals surface area contributed by atoms with E-state index in [1.165, 1.54) is 12.1 Å². The summed E-state index contributed by atoms with van der Waals surface area (Å²) in [7, 11) is 1.64. The quantitative estimate of drug-likeness (QED) is 0.139. The van der Waals surface area contributed by atoms with Gasteiger partial charge in [-0.3, -0.25) is 33.3 Å². The van der Waals surface area contributed by atoms with Crippen LogP contribution in [0.3, 0.4) is 0 Å². The Kier molecular flexibility index (Phi) is 8.68.